The Balaban J connectivity index is 4.02. The van der Waals surface area contributed by atoms with E-state index in [1.807, 2.05) is 0 Å². The van der Waals surface area contributed by atoms with E-state index in [2.05, 4.69) is 6.58 Å². The zero-order chi connectivity index (χ0) is 11.2. The first-order valence-corrected chi connectivity index (χ1v) is 7.31. The van der Waals surface area contributed by atoms with Crippen molar-refractivity contribution in [1.82, 2.24) is 0 Å². The summed E-state index contributed by atoms with van der Waals surface area (Å²) in [6, 6.07) is 0. The minimum absolute atomic E-state index is 0.0530. The van der Waals surface area contributed by atoms with Crippen LogP contribution in [0.15, 0.2) is 12.2 Å². The fraction of sp³-hybridized carbons (Fsp3) is 0.667. The van der Waals surface area contributed by atoms with Crippen LogP contribution in [0.25, 0.3) is 0 Å². The molecule has 0 heterocycles. The first kappa shape index (κ1) is 13.3. The Kier molecular flexibility index (Phi) is 5.67. The SMILES string of the molecule is C=C(CCCO)C(=O)O[Si](C)(C)OC. The van der Waals surface area contributed by atoms with Crippen molar-refractivity contribution in [3.8, 4) is 0 Å². The van der Waals surface area contributed by atoms with Gasteiger partial charge in [0, 0.05) is 19.3 Å². The Hall–Kier alpha value is -0.653. The molecular weight excluding hydrogens is 200 g/mol. The number of aliphatic hydroxyl groups is 1. The standard InChI is InChI=1S/C9H18O4Si/c1-8(6-5-7-10)9(11)13-14(3,4)12-2/h10H,1,5-7H2,2-4H3. The summed E-state index contributed by atoms with van der Waals surface area (Å²) in [5.41, 5.74) is 0.386. The Morgan fingerprint density at radius 1 is 1.50 bits per heavy atom. The molecule has 0 amide bonds. The number of aliphatic hydroxyl groups excluding tert-OH is 1. The number of carbonyl (C=O) groups excluding carboxylic acids is 1. The van der Waals surface area contributed by atoms with Crippen molar-refractivity contribution in [2.24, 2.45) is 0 Å². The lowest BCUT2D eigenvalue weighted by atomic mass is 10.2. The van der Waals surface area contributed by atoms with E-state index in [0.29, 0.717) is 18.4 Å². The van der Waals surface area contributed by atoms with Crippen LogP contribution in [0.5, 0.6) is 0 Å². The molecule has 0 aliphatic heterocycles. The molecule has 0 saturated carbocycles. The number of hydrogen-bond donors (Lipinski definition) is 1. The molecule has 0 bridgehead atoms. The minimum atomic E-state index is -2.32. The number of carbonyl (C=O) groups is 1. The topological polar surface area (TPSA) is 55.8 Å². The zero-order valence-corrected chi connectivity index (χ0v) is 10.0. The van der Waals surface area contributed by atoms with Crippen LogP contribution in [-0.2, 0) is 13.6 Å². The molecular formula is C9H18O4Si. The fourth-order valence-corrected chi connectivity index (χ4v) is 1.41. The summed E-state index contributed by atoms with van der Waals surface area (Å²) in [6.45, 7) is 7.21. The van der Waals surface area contributed by atoms with Gasteiger partial charge in [-0.25, -0.2) is 4.79 Å². The third kappa shape index (κ3) is 5.16. The maximum atomic E-state index is 11.4. The molecule has 1 N–H and O–H groups in total. The lowest BCUT2D eigenvalue weighted by Gasteiger charge is -2.20. The van der Waals surface area contributed by atoms with Gasteiger partial charge in [0.15, 0.2) is 0 Å². The van der Waals surface area contributed by atoms with E-state index >= 15 is 0 Å². The monoisotopic (exact) mass is 218 g/mol. The summed E-state index contributed by atoms with van der Waals surface area (Å²) >= 11 is 0. The molecule has 0 aromatic carbocycles. The smallest absolute Gasteiger partial charge is 0.395 e. The molecule has 0 saturated heterocycles. The highest BCUT2D eigenvalue weighted by Crippen LogP contribution is 2.11. The predicted molar refractivity (Wildman–Crippen MR) is 56.0 cm³/mol. The van der Waals surface area contributed by atoms with Gasteiger partial charge in [0.2, 0.25) is 0 Å². The molecule has 0 atom stereocenters. The van der Waals surface area contributed by atoms with Gasteiger partial charge in [-0.2, -0.15) is 0 Å². The van der Waals surface area contributed by atoms with Gasteiger partial charge in [-0.15, -0.1) is 0 Å². The molecule has 14 heavy (non-hydrogen) atoms. The molecule has 4 nitrogen and oxygen atoms in total. The van der Waals surface area contributed by atoms with Crippen molar-refractivity contribution < 1.29 is 18.8 Å². The van der Waals surface area contributed by atoms with Gasteiger partial charge in [0.05, 0.1) is 0 Å². The summed E-state index contributed by atoms with van der Waals surface area (Å²) in [6.07, 6.45) is 0.992. The number of rotatable bonds is 6. The Morgan fingerprint density at radius 3 is 2.50 bits per heavy atom. The van der Waals surface area contributed by atoms with Crippen LogP contribution in [-0.4, -0.2) is 33.4 Å². The second kappa shape index (κ2) is 5.95. The lowest BCUT2D eigenvalue weighted by molar-refractivity contribution is -0.132. The van der Waals surface area contributed by atoms with Crippen molar-refractivity contribution in [2.75, 3.05) is 13.7 Å². The van der Waals surface area contributed by atoms with Crippen molar-refractivity contribution >= 4 is 14.5 Å². The van der Waals surface area contributed by atoms with E-state index in [9.17, 15) is 4.79 Å². The second-order valence-corrected chi connectivity index (χ2v) is 6.84. The average molecular weight is 218 g/mol. The summed E-state index contributed by atoms with van der Waals surface area (Å²) in [4.78, 5) is 11.4. The van der Waals surface area contributed by atoms with Gasteiger partial charge in [0.25, 0.3) is 0 Å². The van der Waals surface area contributed by atoms with Gasteiger partial charge in [0.1, 0.15) is 0 Å². The lowest BCUT2D eigenvalue weighted by Crippen LogP contribution is -2.36. The van der Waals surface area contributed by atoms with Gasteiger partial charge in [-0.3, -0.25) is 0 Å². The van der Waals surface area contributed by atoms with Crippen LogP contribution in [0.1, 0.15) is 12.8 Å². The normalized spacial score (nSPS) is 11.1. The molecule has 0 aliphatic carbocycles. The molecule has 0 unspecified atom stereocenters. The molecule has 0 aliphatic rings. The highest BCUT2D eigenvalue weighted by Gasteiger charge is 2.28. The van der Waals surface area contributed by atoms with Crippen LogP contribution in [0.3, 0.4) is 0 Å². The molecule has 0 spiro atoms. The minimum Gasteiger partial charge on any atom is -0.491 e. The van der Waals surface area contributed by atoms with Crippen molar-refractivity contribution in [3.05, 3.63) is 12.2 Å². The summed E-state index contributed by atoms with van der Waals surface area (Å²) in [5.74, 6) is -0.419. The summed E-state index contributed by atoms with van der Waals surface area (Å²) in [7, 11) is -0.791. The first-order valence-electron chi connectivity index (χ1n) is 4.50. The van der Waals surface area contributed by atoms with E-state index in [1.54, 1.807) is 13.1 Å². The van der Waals surface area contributed by atoms with Crippen molar-refractivity contribution in [1.29, 1.82) is 0 Å². The third-order valence-electron chi connectivity index (χ3n) is 1.76. The van der Waals surface area contributed by atoms with E-state index in [-0.39, 0.29) is 6.61 Å². The summed E-state index contributed by atoms with van der Waals surface area (Å²) in [5, 5.41) is 8.57. The second-order valence-electron chi connectivity index (χ2n) is 3.42. The van der Waals surface area contributed by atoms with E-state index in [0.717, 1.165) is 0 Å². The average Bonchev–Trinajstić information content (AvgIpc) is 2.13. The quantitative estimate of drug-likeness (QED) is 0.538. The van der Waals surface area contributed by atoms with Crippen LogP contribution in [0, 0.1) is 0 Å². The van der Waals surface area contributed by atoms with Gasteiger partial charge >= 0.3 is 14.5 Å². The highest BCUT2D eigenvalue weighted by atomic mass is 28.4. The van der Waals surface area contributed by atoms with E-state index in [1.165, 1.54) is 7.11 Å². The van der Waals surface area contributed by atoms with Crippen LogP contribution >= 0.6 is 0 Å². The zero-order valence-electron chi connectivity index (χ0n) is 9.00. The Bertz CT molecular complexity index is 213. The predicted octanol–water partition coefficient (Wildman–Crippen LogP) is 1.21. The maximum absolute atomic E-state index is 11.4. The van der Waals surface area contributed by atoms with E-state index < -0.39 is 14.5 Å². The molecule has 0 aromatic rings. The Labute approximate surface area is 85.8 Å². The molecule has 5 heteroatoms. The summed E-state index contributed by atoms with van der Waals surface area (Å²) < 4.78 is 10.2. The number of hydrogen-bond acceptors (Lipinski definition) is 4. The van der Waals surface area contributed by atoms with Gasteiger partial charge < -0.3 is 14.0 Å². The van der Waals surface area contributed by atoms with Crippen molar-refractivity contribution in [3.63, 3.8) is 0 Å². The molecule has 0 fully saturated rings. The highest BCUT2D eigenvalue weighted by molar-refractivity contribution is 6.66. The largest absolute Gasteiger partial charge is 0.491 e. The molecule has 82 valence electrons. The Morgan fingerprint density at radius 2 is 2.07 bits per heavy atom. The molecule has 0 rings (SSSR count). The molecule has 0 radical (unpaired) electrons. The third-order valence-corrected chi connectivity index (χ3v) is 3.42. The van der Waals surface area contributed by atoms with Gasteiger partial charge in [-0.1, -0.05) is 6.58 Å². The van der Waals surface area contributed by atoms with E-state index in [4.69, 9.17) is 14.0 Å². The van der Waals surface area contributed by atoms with Crippen LogP contribution in [0.2, 0.25) is 13.1 Å². The van der Waals surface area contributed by atoms with Crippen molar-refractivity contribution in [2.45, 2.75) is 25.9 Å². The first-order chi connectivity index (χ1) is 6.43. The van der Waals surface area contributed by atoms with Crippen LogP contribution in [0.4, 0.5) is 0 Å². The molecule has 0 aromatic heterocycles. The van der Waals surface area contributed by atoms with Crippen LogP contribution < -0.4 is 0 Å². The fourth-order valence-electron chi connectivity index (χ4n) is 0.732. The van der Waals surface area contributed by atoms with Gasteiger partial charge in [-0.05, 0) is 25.9 Å². The maximum Gasteiger partial charge on any atom is 0.395 e.